The van der Waals surface area contributed by atoms with Gasteiger partial charge in [-0.05, 0) is 30.0 Å². The zero-order chi connectivity index (χ0) is 10.7. The molecule has 1 saturated heterocycles. The summed E-state index contributed by atoms with van der Waals surface area (Å²) in [6, 6.07) is 7.95. The molecule has 15 heavy (non-hydrogen) atoms. The third-order valence-electron chi connectivity index (χ3n) is 2.87. The number of ether oxygens (including phenoxy) is 1. The number of carbonyl (C=O) groups excluding carboxylic acids is 1. The van der Waals surface area contributed by atoms with Crippen LogP contribution in [0.15, 0.2) is 28.7 Å². The lowest BCUT2D eigenvalue weighted by Crippen LogP contribution is -2.14. The number of halogens is 1. The molecule has 2 nitrogen and oxygen atoms in total. The van der Waals surface area contributed by atoms with Gasteiger partial charge >= 0.3 is 0 Å². The Morgan fingerprint density at radius 2 is 2.13 bits per heavy atom. The zero-order valence-corrected chi connectivity index (χ0v) is 9.94. The van der Waals surface area contributed by atoms with Gasteiger partial charge in [-0.2, -0.15) is 0 Å². The molecule has 0 aliphatic carbocycles. The topological polar surface area (TPSA) is 26.3 Å². The largest absolute Gasteiger partial charge is 0.381 e. The summed E-state index contributed by atoms with van der Waals surface area (Å²) >= 11 is 3.39. The normalized spacial score (nSPS) is 22.6. The predicted octanol–water partition coefficient (Wildman–Crippen LogP) is 2.77. The van der Waals surface area contributed by atoms with E-state index in [2.05, 4.69) is 15.9 Å². The first kappa shape index (κ1) is 10.8. The Morgan fingerprint density at radius 1 is 1.40 bits per heavy atom. The van der Waals surface area contributed by atoms with E-state index < -0.39 is 0 Å². The van der Waals surface area contributed by atoms with E-state index in [0.29, 0.717) is 12.5 Å². The minimum atomic E-state index is -0.0133. The minimum Gasteiger partial charge on any atom is -0.381 e. The molecule has 0 saturated carbocycles. The van der Waals surface area contributed by atoms with E-state index in [-0.39, 0.29) is 5.92 Å². The maximum atomic E-state index is 11.1. The number of carbonyl (C=O) groups is 1. The highest BCUT2D eigenvalue weighted by Gasteiger charge is 2.26. The fourth-order valence-electron chi connectivity index (χ4n) is 1.98. The van der Waals surface area contributed by atoms with Crippen LogP contribution in [0, 0.1) is 5.92 Å². The standard InChI is InChI=1S/C12H13BrO2/c13-11-3-1-9(2-4-11)12(7-14)10-5-6-15-8-10/h1-4,7,10,12H,5-6,8H2. The summed E-state index contributed by atoms with van der Waals surface area (Å²) < 4.78 is 6.36. The Balaban J connectivity index is 2.18. The molecule has 2 rings (SSSR count). The van der Waals surface area contributed by atoms with Crippen LogP contribution in [-0.4, -0.2) is 19.5 Å². The first-order chi connectivity index (χ1) is 7.31. The first-order valence-corrected chi connectivity index (χ1v) is 5.89. The molecule has 1 aromatic carbocycles. The van der Waals surface area contributed by atoms with E-state index >= 15 is 0 Å². The van der Waals surface area contributed by atoms with E-state index in [1.807, 2.05) is 24.3 Å². The lowest BCUT2D eigenvalue weighted by atomic mass is 9.87. The van der Waals surface area contributed by atoms with Crippen LogP contribution < -0.4 is 0 Å². The number of rotatable bonds is 3. The average molecular weight is 269 g/mol. The second kappa shape index (κ2) is 4.90. The molecule has 1 fully saturated rings. The molecular weight excluding hydrogens is 256 g/mol. The summed E-state index contributed by atoms with van der Waals surface area (Å²) in [4.78, 5) is 11.1. The molecule has 1 aromatic rings. The van der Waals surface area contributed by atoms with Crippen molar-refractivity contribution in [3.05, 3.63) is 34.3 Å². The van der Waals surface area contributed by atoms with E-state index in [0.717, 1.165) is 29.4 Å². The monoisotopic (exact) mass is 268 g/mol. The van der Waals surface area contributed by atoms with Gasteiger partial charge in [-0.3, -0.25) is 0 Å². The highest BCUT2D eigenvalue weighted by molar-refractivity contribution is 9.10. The number of benzene rings is 1. The molecule has 0 aromatic heterocycles. The Hall–Kier alpha value is -0.670. The quantitative estimate of drug-likeness (QED) is 0.789. The van der Waals surface area contributed by atoms with Crippen LogP contribution in [-0.2, 0) is 9.53 Å². The third kappa shape index (κ3) is 2.47. The fraction of sp³-hybridized carbons (Fsp3) is 0.417. The van der Waals surface area contributed by atoms with Gasteiger partial charge in [-0.1, -0.05) is 28.1 Å². The van der Waals surface area contributed by atoms with Crippen molar-refractivity contribution in [1.82, 2.24) is 0 Å². The van der Waals surface area contributed by atoms with Crippen molar-refractivity contribution in [3.8, 4) is 0 Å². The molecule has 0 spiro atoms. The van der Waals surface area contributed by atoms with Crippen molar-refractivity contribution < 1.29 is 9.53 Å². The minimum absolute atomic E-state index is 0.0133. The highest BCUT2D eigenvalue weighted by atomic mass is 79.9. The van der Waals surface area contributed by atoms with Crippen molar-refractivity contribution >= 4 is 22.2 Å². The second-order valence-corrected chi connectivity index (χ2v) is 4.75. The van der Waals surface area contributed by atoms with Crippen molar-refractivity contribution in [2.75, 3.05) is 13.2 Å². The van der Waals surface area contributed by atoms with Gasteiger partial charge in [-0.25, -0.2) is 0 Å². The molecule has 80 valence electrons. The molecular formula is C12H13BrO2. The van der Waals surface area contributed by atoms with Gasteiger partial charge in [0, 0.05) is 17.0 Å². The molecule has 0 amide bonds. The Labute approximate surface area is 97.8 Å². The SMILES string of the molecule is O=CC(c1ccc(Br)cc1)C1CCOC1. The number of aldehydes is 1. The Kier molecular flexibility index (Phi) is 3.54. The summed E-state index contributed by atoms with van der Waals surface area (Å²) in [7, 11) is 0. The van der Waals surface area contributed by atoms with Crippen LogP contribution in [0.5, 0.6) is 0 Å². The number of hydrogen-bond acceptors (Lipinski definition) is 2. The van der Waals surface area contributed by atoms with Gasteiger partial charge in [0.1, 0.15) is 6.29 Å². The van der Waals surface area contributed by atoms with Crippen molar-refractivity contribution in [3.63, 3.8) is 0 Å². The first-order valence-electron chi connectivity index (χ1n) is 5.10. The smallest absolute Gasteiger partial charge is 0.127 e. The van der Waals surface area contributed by atoms with Gasteiger partial charge in [0.05, 0.1) is 6.61 Å². The molecule has 1 heterocycles. The second-order valence-electron chi connectivity index (χ2n) is 3.84. The summed E-state index contributed by atoms with van der Waals surface area (Å²) in [5, 5.41) is 0. The average Bonchev–Trinajstić information content (AvgIpc) is 2.75. The summed E-state index contributed by atoms with van der Waals surface area (Å²) in [6.45, 7) is 1.49. The fourth-order valence-corrected chi connectivity index (χ4v) is 2.25. The van der Waals surface area contributed by atoms with Crippen LogP contribution in [0.1, 0.15) is 17.9 Å². The Morgan fingerprint density at radius 3 is 2.67 bits per heavy atom. The van der Waals surface area contributed by atoms with E-state index in [1.54, 1.807) is 0 Å². The van der Waals surface area contributed by atoms with Crippen molar-refractivity contribution in [2.45, 2.75) is 12.3 Å². The van der Waals surface area contributed by atoms with Gasteiger partial charge < -0.3 is 9.53 Å². The maximum Gasteiger partial charge on any atom is 0.127 e. The van der Waals surface area contributed by atoms with Gasteiger partial charge in [-0.15, -0.1) is 0 Å². The Bertz CT molecular complexity index is 328. The highest BCUT2D eigenvalue weighted by Crippen LogP contribution is 2.29. The van der Waals surface area contributed by atoms with E-state index in [9.17, 15) is 4.79 Å². The van der Waals surface area contributed by atoms with Gasteiger partial charge in [0.25, 0.3) is 0 Å². The predicted molar refractivity (Wildman–Crippen MR) is 61.9 cm³/mol. The maximum absolute atomic E-state index is 11.1. The van der Waals surface area contributed by atoms with Crippen LogP contribution in [0.25, 0.3) is 0 Å². The van der Waals surface area contributed by atoms with Gasteiger partial charge in [0.15, 0.2) is 0 Å². The van der Waals surface area contributed by atoms with E-state index in [1.165, 1.54) is 0 Å². The lowest BCUT2D eigenvalue weighted by Gasteiger charge is -2.16. The van der Waals surface area contributed by atoms with Crippen LogP contribution in [0.2, 0.25) is 0 Å². The van der Waals surface area contributed by atoms with Gasteiger partial charge in [0.2, 0.25) is 0 Å². The molecule has 2 atom stereocenters. The molecule has 0 radical (unpaired) electrons. The molecule has 0 N–H and O–H groups in total. The molecule has 1 aliphatic rings. The third-order valence-corrected chi connectivity index (χ3v) is 3.40. The molecule has 1 aliphatic heterocycles. The number of hydrogen-bond donors (Lipinski definition) is 0. The van der Waals surface area contributed by atoms with Crippen molar-refractivity contribution in [1.29, 1.82) is 0 Å². The molecule has 0 bridgehead atoms. The van der Waals surface area contributed by atoms with Crippen LogP contribution >= 0.6 is 15.9 Å². The van der Waals surface area contributed by atoms with Crippen LogP contribution in [0.3, 0.4) is 0 Å². The summed E-state index contributed by atoms with van der Waals surface area (Å²) in [6.07, 6.45) is 2.03. The molecule has 3 heteroatoms. The van der Waals surface area contributed by atoms with E-state index in [4.69, 9.17) is 4.74 Å². The lowest BCUT2D eigenvalue weighted by molar-refractivity contribution is -0.110. The molecule has 2 unspecified atom stereocenters. The van der Waals surface area contributed by atoms with Crippen molar-refractivity contribution in [2.24, 2.45) is 5.92 Å². The van der Waals surface area contributed by atoms with Crippen LogP contribution in [0.4, 0.5) is 0 Å². The summed E-state index contributed by atoms with van der Waals surface area (Å²) in [5.74, 6) is 0.337. The zero-order valence-electron chi connectivity index (χ0n) is 8.36. The summed E-state index contributed by atoms with van der Waals surface area (Å²) in [5.41, 5.74) is 1.09.